The van der Waals surface area contributed by atoms with Gasteiger partial charge in [-0.05, 0) is 36.8 Å². The molecule has 92 valence electrons. The van der Waals surface area contributed by atoms with E-state index < -0.39 is 0 Å². The van der Waals surface area contributed by atoms with E-state index in [1.165, 1.54) is 24.3 Å². The van der Waals surface area contributed by atoms with Gasteiger partial charge < -0.3 is 0 Å². The number of aryl methyl sites for hydroxylation is 1. The highest BCUT2D eigenvalue weighted by Gasteiger charge is 2.13. The van der Waals surface area contributed by atoms with Crippen LogP contribution in [0.3, 0.4) is 0 Å². The summed E-state index contributed by atoms with van der Waals surface area (Å²) >= 11 is 5.85. The third-order valence-corrected chi connectivity index (χ3v) is 3.04. The molecule has 0 fully saturated rings. The van der Waals surface area contributed by atoms with Crippen molar-refractivity contribution >= 4 is 17.4 Å². The van der Waals surface area contributed by atoms with Gasteiger partial charge in [0.25, 0.3) is 0 Å². The molecule has 0 atom stereocenters. The molecule has 0 bridgehead atoms. The lowest BCUT2D eigenvalue weighted by atomic mass is 9.97. The van der Waals surface area contributed by atoms with E-state index in [2.05, 4.69) is 0 Å². The Morgan fingerprint density at radius 2 is 1.83 bits per heavy atom. The predicted octanol–water partition coefficient (Wildman–Crippen LogP) is 4.10. The number of benzene rings is 2. The van der Waals surface area contributed by atoms with Crippen molar-refractivity contribution in [3.8, 4) is 0 Å². The molecule has 0 aliphatic heterocycles. The predicted molar refractivity (Wildman–Crippen MR) is 70.6 cm³/mol. The number of ketones is 1. The molecular weight excluding hydrogens is 251 g/mol. The van der Waals surface area contributed by atoms with Crippen molar-refractivity contribution in [3.05, 3.63) is 70.5 Å². The monoisotopic (exact) mass is 262 g/mol. The summed E-state index contributed by atoms with van der Waals surface area (Å²) in [5.74, 6) is -0.206. The van der Waals surface area contributed by atoms with Gasteiger partial charge in [-0.15, -0.1) is 11.6 Å². The minimum Gasteiger partial charge on any atom is -0.289 e. The van der Waals surface area contributed by atoms with Gasteiger partial charge in [-0.1, -0.05) is 23.8 Å². The van der Waals surface area contributed by atoms with E-state index in [1.807, 2.05) is 19.1 Å². The van der Waals surface area contributed by atoms with Crippen molar-refractivity contribution in [1.82, 2.24) is 0 Å². The molecule has 18 heavy (non-hydrogen) atoms. The normalized spacial score (nSPS) is 10.4. The summed E-state index contributed by atoms with van der Waals surface area (Å²) in [5, 5.41) is 0. The summed E-state index contributed by atoms with van der Waals surface area (Å²) < 4.78 is 12.8. The highest BCUT2D eigenvalue weighted by Crippen LogP contribution is 2.18. The van der Waals surface area contributed by atoms with Crippen molar-refractivity contribution in [2.24, 2.45) is 0 Å². The van der Waals surface area contributed by atoms with Crippen LogP contribution >= 0.6 is 11.6 Å². The van der Waals surface area contributed by atoms with Gasteiger partial charge in [0, 0.05) is 17.0 Å². The molecule has 0 saturated heterocycles. The first-order chi connectivity index (χ1) is 8.61. The largest absolute Gasteiger partial charge is 0.289 e. The molecule has 0 heterocycles. The van der Waals surface area contributed by atoms with Crippen molar-refractivity contribution < 1.29 is 9.18 Å². The Hall–Kier alpha value is -1.67. The maximum absolute atomic E-state index is 12.8. The van der Waals surface area contributed by atoms with Crippen LogP contribution in [0.25, 0.3) is 0 Å². The van der Waals surface area contributed by atoms with E-state index in [-0.39, 0.29) is 17.5 Å². The van der Waals surface area contributed by atoms with Crippen LogP contribution in [-0.4, -0.2) is 5.78 Å². The first-order valence-electron chi connectivity index (χ1n) is 5.57. The van der Waals surface area contributed by atoms with Crippen LogP contribution in [0.1, 0.15) is 27.0 Å². The first kappa shape index (κ1) is 12.8. The number of alkyl halides is 1. The second kappa shape index (κ2) is 5.32. The highest BCUT2D eigenvalue weighted by atomic mass is 35.5. The molecule has 1 nitrogen and oxygen atoms in total. The van der Waals surface area contributed by atoms with Crippen molar-refractivity contribution in [3.63, 3.8) is 0 Å². The van der Waals surface area contributed by atoms with E-state index in [9.17, 15) is 9.18 Å². The molecule has 0 aliphatic rings. The summed E-state index contributed by atoms with van der Waals surface area (Å²) in [6.45, 7) is 1.95. The number of hydrogen-bond acceptors (Lipinski definition) is 1. The van der Waals surface area contributed by atoms with Crippen molar-refractivity contribution in [2.45, 2.75) is 12.8 Å². The van der Waals surface area contributed by atoms with E-state index in [0.29, 0.717) is 11.1 Å². The maximum atomic E-state index is 12.8. The molecule has 0 saturated carbocycles. The Kier molecular flexibility index (Phi) is 3.78. The average molecular weight is 263 g/mol. The summed E-state index contributed by atoms with van der Waals surface area (Å²) in [6.07, 6.45) is 0. The topological polar surface area (TPSA) is 17.1 Å². The van der Waals surface area contributed by atoms with Gasteiger partial charge in [0.1, 0.15) is 5.82 Å². The SMILES string of the molecule is Cc1ccc(C(=O)c2ccc(F)cc2)c(CCl)c1. The van der Waals surface area contributed by atoms with Crippen molar-refractivity contribution in [2.75, 3.05) is 0 Å². The molecule has 0 radical (unpaired) electrons. The van der Waals surface area contributed by atoms with E-state index in [1.54, 1.807) is 6.07 Å². The lowest BCUT2D eigenvalue weighted by Gasteiger charge is -2.07. The molecule has 0 N–H and O–H groups in total. The minimum absolute atomic E-state index is 0.134. The Bertz CT molecular complexity index is 576. The number of hydrogen-bond donors (Lipinski definition) is 0. The Morgan fingerprint density at radius 1 is 1.17 bits per heavy atom. The number of halogens is 2. The molecule has 2 rings (SSSR count). The van der Waals surface area contributed by atoms with Crippen molar-refractivity contribution in [1.29, 1.82) is 0 Å². The Balaban J connectivity index is 2.42. The standard InChI is InChI=1S/C15H12ClFO/c1-10-2-7-14(12(8-10)9-16)15(18)11-3-5-13(17)6-4-11/h2-8H,9H2,1H3. The second-order valence-corrected chi connectivity index (χ2v) is 4.40. The third-order valence-electron chi connectivity index (χ3n) is 2.76. The summed E-state index contributed by atoms with van der Waals surface area (Å²) in [5.41, 5.74) is 2.89. The fraction of sp³-hybridized carbons (Fsp3) is 0.133. The molecular formula is C15H12ClFO. The third kappa shape index (κ3) is 2.59. The van der Waals surface area contributed by atoms with Crippen LogP contribution < -0.4 is 0 Å². The molecule has 3 heteroatoms. The zero-order valence-electron chi connectivity index (χ0n) is 9.91. The Morgan fingerprint density at radius 3 is 2.44 bits per heavy atom. The Labute approximate surface area is 110 Å². The number of carbonyl (C=O) groups excluding carboxylic acids is 1. The molecule has 0 spiro atoms. The molecule has 0 amide bonds. The molecule has 2 aromatic rings. The van der Waals surface area contributed by atoms with Gasteiger partial charge in [0.15, 0.2) is 5.78 Å². The average Bonchev–Trinajstić information content (AvgIpc) is 2.38. The van der Waals surface area contributed by atoms with Crippen LogP contribution in [0.2, 0.25) is 0 Å². The van der Waals surface area contributed by atoms with Crippen LogP contribution in [-0.2, 0) is 5.88 Å². The lowest BCUT2D eigenvalue weighted by molar-refractivity contribution is 0.103. The second-order valence-electron chi connectivity index (χ2n) is 4.13. The van der Waals surface area contributed by atoms with Crippen LogP contribution in [0.5, 0.6) is 0 Å². The van der Waals surface area contributed by atoms with E-state index >= 15 is 0 Å². The zero-order chi connectivity index (χ0) is 13.1. The smallest absolute Gasteiger partial charge is 0.193 e. The number of carbonyl (C=O) groups is 1. The summed E-state index contributed by atoms with van der Waals surface area (Å²) in [7, 11) is 0. The minimum atomic E-state index is -0.354. The van der Waals surface area contributed by atoms with Gasteiger partial charge in [-0.3, -0.25) is 4.79 Å². The summed E-state index contributed by atoms with van der Waals surface area (Å²) in [6, 6.07) is 11.0. The molecule has 0 aliphatic carbocycles. The first-order valence-corrected chi connectivity index (χ1v) is 6.11. The fourth-order valence-electron chi connectivity index (χ4n) is 1.81. The molecule has 0 aromatic heterocycles. The van der Waals surface area contributed by atoms with E-state index in [4.69, 9.17) is 11.6 Å². The van der Waals surface area contributed by atoms with Gasteiger partial charge in [-0.25, -0.2) is 4.39 Å². The van der Waals surface area contributed by atoms with Gasteiger partial charge in [0.2, 0.25) is 0 Å². The summed E-state index contributed by atoms with van der Waals surface area (Å²) in [4.78, 5) is 12.3. The lowest BCUT2D eigenvalue weighted by Crippen LogP contribution is -2.05. The molecule has 0 unspecified atom stereocenters. The van der Waals surface area contributed by atoms with Gasteiger partial charge >= 0.3 is 0 Å². The zero-order valence-corrected chi connectivity index (χ0v) is 10.7. The van der Waals surface area contributed by atoms with Crippen LogP contribution in [0.4, 0.5) is 4.39 Å². The van der Waals surface area contributed by atoms with Gasteiger partial charge in [0.05, 0.1) is 0 Å². The maximum Gasteiger partial charge on any atom is 0.193 e. The fourth-order valence-corrected chi connectivity index (χ4v) is 2.03. The van der Waals surface area contributed by atoms with Gasteiger partial charge in [-0.2, -0.15) is 0 Å². The highest BCUT2D eigenvalue weighted by molar-refractivity contribution is 6.18. The van der Waals surface area contributed by atoms with E-state index in [0.717, 1.165) is 11.1 Å². The molecule has 2 aromatic carbocycles. The quantitative estimate of drug-likeness (QED) is 0.601. The van der Waals surface area contributed by atoms with Crippen LogP contribution in [0.15, 0.2) is 42.5 Å². The number of rotatable bonds is 3. The van der Waals surface area contributed by atoms with Crippen LogP contribution in [0, 0.1) is 12.7 Å².